The average molecular weight is 477 g/mol. The van der Waals surface area contributed by atoms with Gasteiger partial charge < -0.3 is 9.64 Å². The van der Waals surface area contributed by atoms with Gasteiger partial charge in [0.15, 0.2) is 0 Å². The standard InChI is InChI=1S/C23H28N2O5S2/c1-16-7-6-8-17(13-16)14-20(26)24-12-9-18-19(15-24)31-23(21(18)22(27)30-2)32(28,29)25-10-4-3-5-11-25/h6-8,13H,3-5,9-12,14-15H2,1-2H3. The number of piperidine rings is 1. The third-order valence-electron chi connectivity index (χ3n) is 6.09. The summed E-state index contributed by atoms with van der Waals surface area (Å²) in [4.78, 5) is 28.0. The van der Waals surface area contributed by atoms with Gasteiger partial charge in [-0.1, -0.05) is 36.2 Å². The molecule has 172 valence electrons. The number of carbonyl (C=O) groups is 2. The Bertz CT molecular complexity index is 1130. The maximum atomic E-state index is 13.4. The van der Waals surface area contributed by atoms with E-state index in [0.29, 0.717) is 44.6 Å². The van der Waals surface area contributed by atoms with Gasteiger partial charge in [0.2, 0.25) is 5.91 Å². The van der Waals surface area contributed by atoms with Crippen LogP contribution in [0.25, 0.3) is 0 Å². The number of carbonyl (C=O) groups excluding carboxylic acids is 2. The molecule has 1 aromatic carbocycles. The minimum absolute atomic E-state index is 0.00490. The Labute approximate surface area is 193 Å². The third kappa shape index (κ3) is 4.46. The second-order valence-electron chi connectivity index (χ2n) is 8.35. The highest BCUT2D eigenvalue weighted by atomic mass is 32.2. The predicted octanol–water partition coefficient (Wildman–Crippen LogP) is 3.15. The summed E-state index contributed by atoms with van der Waals surface area (Å²) < 4.78 is 33.3. The molecule has 2 aliphatic rings. The molecule has 0 unspecified atom stereocenters. The van der Waals surface area contributed by atoms with E-state index in [4.69, 9.17) is 4.74 Å². The van der Waals surface area contributed by atoms with Crippen LogP contribution in [0.2, 0.25) is 0 Å². The van der Waals surface area contributed by atoms with E-state index in [2.05, 4.69) is 0 Å². The molecule has 2 aliphatic heterocycles. The maximum absolute atomic E-state index is 13.4. The number of esters is 1. The zero-order valence-corrected chi connectivity index (χ0v) is 20.1. The van der Waals surface area contributed by atoms with Crippen LogP contribution in [-0.4, -0.2) is 56.2 Å². The van der Waals surface area contributed by atoms with Gasteiger partial charge >= 0.3 is 5.97 Å². The van der Waals surface area contributed by atoms with Crippen LogP contribution in [0.4, 0.5) is 0 Å². The number of thiophene rings is 1. The molecule has 2 aromatic rings. The number of nitrogens with zero attached hydrogens (tertiary/aromatic N) is 2. The van der Waals surface area contributed by atoms with E-state index in [9.17, 15) is 18.0 Å². The van der Waals surface area contributed by atoms with Gasteiger partial charge in [-0.25, -0.2) is 13.2 Å². The molecule has 1 amide bonds. The predicted molar refractivity (Wildman–Crippen MR) is 122 cm³/mol. The fraction of sp³-hybridized carbons (Fsp3) is 0.478. The van der Waals surface area contributed by atoms with Crippen molar-refractivity contribution in [3.63, 3.8) is 0 Å². The second kappa shape index (κ2) is 9.33. The fourth-order valence-electron chi connectivity index (χ4n) is 4.41. The molecule has 3 heterocycles. The van der Waals surface area contributed by atoms with E-state index in [0.717, 1.165) is 46.6 Å². The minimum atomic E-state index is -3.79. The molecule has 0 radical (unpaired) electrons. The minimum Gasteiger partial charge on any atom is -0.465 e. The van der Waals surface area contributed by atoms with Crippen molar-refractivity contribution in [2.75, 3.05) is 26.7 Å². The first-order chi connectivity index (χ1) is 15.3. The first-order valence-electron chi connectivity index (χ1n) is 10.9. The molecule has 1 saturated heterocycles. The highest BCUT2D eigenvalue weighted by molar-refractivity contribution is 7.91. The Morgan fingerprint density at radius 3 is 2.56 bits per heavy atom. The van der Waals surface area contributed by atoms with Gasteiger partial charge in [0.25, 0.3) is 10.0 Å². The Hall–Kier alpha value is -2.23. The van der Waals surface area contributed by atoms with E-state index < -0.39 is 16.0 Å². The topological polar surface area (TPSA) is 84.0 Å². The number of amides is 1. The van der Waals surface area contributed by atoms with E-state index in [1.807, 2.05) is 31.2 Å². The SMILES string of the molecule is COC(=O)c1c(S(=O)(=O)N2CCCCC2)sc2c1CCN(C(=O)Cc1cccc(C)c1)C2. The number of benzene rings is 1. The first kappa shape index (κ1) is 22.9. The molecular formula is C23H28N2O5S2. The molecule has 0 saturated carbocycles. The van der Waals surface area contributed by atoms with Crippen LogP contribution >= 0.6 is 11.3 Å². The van der Waals surface area contributed by atoms with Crippen molar-refractivity contribution >= 4 is 33.2 Å². The van der Waals surface area contributed by atoms with Crippen LogP contribution in [0.15, 0.2) is 28.5 Å². The molecule has 1 fully saturated rings. The number of fused-ring (bicyclic) bond motifs is 1. The van der Waals surface area contributed by atoms with Gasteiger partial charge in [-0.3, -0.25) is 4.79 Å². The Morgan fingerprint density at radius 2 is 1.88 bits per heavy atom. The van der Waals surface area contributed by atoms with Crippen LogP contribution < -0.4 is 0 Å². The van der Waals surface area contributed by atoms with Crippen LogP contribution in [0.5, 0.6) is 0 Å². The van der Waals surface area contributed by atoms with Crippen LogP contribution in [-0.2, 0) is 38.9 Å². The lowest BCUT2D eigenvalue weighted by molar-refractivity contribution is -0.131. The highest BCUT2D eigenvalue weighted by Crippen LogP contribution is 2.38. The number of aryl methyl sites for hydroxylation is 1. The molecule has 9 heteroatoms. The number of hydrogen-bond donors (Lipinski definition) is 0. The molecule has 4 rings (SSSR count). The van der Waals surface area contributed by atoms with Gasteiger partial charge in [0.1, 0.15) is 4.21 Å². The quantitative estimate of drug-likeness (QED) is 0.619. The summed E-state index contributed by atoms with van der Waals surface area (Å²) in [5.41, 5.74) is 2.92. The van der Waals surface area contributed by atoms with Gasteiger partial charge in [0, 0.05) is 24.5 Å². The van der Waals surface area contributed by atoms with Crippen LogP contribution in [0, 0.1) is 6.92 Å². The van der Waals surface area contributed by atoms with E-state index in [-0.39, 0.29) is 15.7 Å². The largest absolute Gasteiger partial charge is 0.465 e. The number of methoxy groups -OCH3 is 1. The van der Waals surface area contributed by atoms with Crippen molar-refractivity contribution in [1.29, 1.82) is 0 Å². The molecule has 0 atom stereocenters. The number of sulfonamides is 1. The second-order valence-corrected chi connectivity index (χ2v) is 11.6. The van der Waals surface area contributed by atoms with Crippen molar-refractivity contribution in [3.05, 3.63) is 51.4 Å². The van der Waals surface area contributed by atoms with E-state index >= 15 is 0 Å². The zero-order valence-electron chi connectivity index (χ0n) is 18.4. The van der Waals surface area contributed by atoms with Gasteiger partial charge in [0.05, 0.1) is 25.6 Å². The molecule has 7 nitrogen and oxygen atoms in total. The number of ether oxygens (including phenoxy) is 1. The zero-order chi connectivity index (χ0) is 22.9. The summed E-state index contributed by atoms with van der Waals surface area (Å²) in [6.07, 6.45) is 3.38. The van der Waals surface area contributed by atoms with Crippen molar-refractivity contribution in [3.8, 4) is 0 Å². The van der Waals surface area contributed by atoms with Gasteiger partial charge in [-0.2, -0.15) is 4.31 Å². The van der Waals surface area contributed by atoms with E-state index in [1.54, 1.807) is 4.90 Å². The molecule has 32 heavy (non-hydrogen) atoms. The van der Waals surface area contributed by atoms with Crippen molar-refractivity contribution in [2.24, 2.45) is 0 Å². The summed E-state index contributed by atoms with van der Waals surface area (Å²) in [7, 11) is -2.52. The van der Waals surface area contributed by atoms with Gasteiger partial charge in [-0.05, 0) is 37.3 Å². The average Bonchev–Trinajstić information content (AvgIpc) is 3.19. The fourth-order valence-corrected chi connectivity index (χ4v) is 7.97. The van der Waals surface area contributed by atoms with Crippen LogP contribution in [0.1, 0.15) is 51.2 Å². The first-order valence-corrected chi connectivity index (χ1v) is 13.1. The molecular weight excluding hydrogens is 448 g/mol. The molecule has 0 spiro atoms. The summed E-state index contributed by atoms with van der Waals surface area (Å²) in [6, 6.07) is 7.86. The monoisotopic (exact) mass is 476 g/mol. The van der Waals surface area contributed by atoms with E-state index in [1.165, 1.54) is 11.4 Å². The van der Waals surface area contributed by atoms with Crippen molar-refractivity contribution in [2.45, 2.75) is 49.8 Å². The molecule has 0 N–H and O–H groups in total. The van der Waals surface area contributed by atoms with Gasteiger partial charge in [-0.15, -0.1) is 11.3 Å². The smallest absolute Gasteiger partial charge is 0.340 e. The van der Waals surface area contributed by atoms with Crippen molar-refractivity contribution < 1.29 is 22.7 Å². The summed E-state index contributed by atoms with van der Waals surface area (Å²) in [5, 5.41) is 0. The Kier molecular flexibility index (Phi) is 6.69. The molecule has 0 aliphatic carbocycles. The van der Waals surface area contributed by atoms with Crippen LogP contribution in [0.3, 0.4) is 0 Å². The maximum Gasteiger partial charge on any atom is 0.340 e. The normalized spacial score (nSPS) is 17.1. The number of hydrogen-bond acceptors (Lipinski definition) is 6. The number of rotatable bonds is 5. The molecule has 0 bridgehead atoms. The lowest BCUT2D eigenvalue weighted by Gasteiger charge is -2.27. The summed E-state index contributed by atoms with van der Waals surface area (Å²) in [5.74, 6) is -0.632. The molecule has 1 aromatic heterocycles. The van der Waals surface area contributed by atoms with Crippen molar-refractivity contribution in [1.82, 2.24) is 9.21 Å². The lowest BCUT2D eigenvalue weighted by atomic mass is 10.0. The lowest BCUT2D eigenvalue weighted by Crippen LogP contribution is -2.37. The third-order valence-corrected chi connectivity index (χ3v) is 9.70. The summed E-state index contributed by atoms with van der Waals surface area (Å²) >= 11 is 1.11. The Morgan fingerprint density at radius 1 is 1.12 bits per heavy atom. The Balaban J connectivity index is 1.62. The highest BCUT2D eigenvalue weighted by Gasteiger charge is 2.37. The summed E-state index contributed by atoms with van der Waals surface area (Å²) in [6.45, 7) is 3.68.